The minimum absolute atomic E-state index is 0.0495. The Hall–Kier alpha value is -3.22. The van der Waals surface area contributed by atoms with Gasteiger partial charge < -0.3 is 14.8 Å². The largest absolute Gasteiger partial charge is 0.456 e. The van der Waals surface area contributed by atoms with Crippen LogP contribution in [0.2, 0.25) is 0 Å². The van der Waals surface area contributed by atoms with Crippen molar-refractivity contribution in [3.63, 3.8) is 0 Å². The van der Waals surface area contributed by atoms with E-state index in [-0.39, 0.29) is 38.1 Å². The van der Waals surface area contributed by atoms with E-state index < -0.39 is 11.0 Å². The molecule has 0 amide bonds. The van der Waals surface area contributed by atoms with Crippen LogP contribution in [0.15, 0.2) is 24.7 Å². The molecule has 1 N–H and O–H groups in total. The van der Waals surface area contributed by atoms with E-state index in [0.29, 0.717) is 29.3 Å². The van der Waals surface area contributed by atoms with E-state index >= 15 is 0 Å². The normalized spacial score (nSPS) is 15.3. The van der Waals surface area contributed by atoms with E-state index in [0.717, 1.165) is 0 Å². The summed E-state index contributed by atoms with van der Waals surface area (Å²) in [5, 5.41) is 20.6. The lowest BCUT2D eigenvalue weighted by molar-refractivity contribution is -0.110. The Balaban J connectivity index is 0.000000555. The zero-order chi connectivity index (χ0) is 24.1. The molecule has 176 valence electrons. The van der Waals surface area contributed by atoms with Crippen molar-refractivity contribution in [3.05, 3.63) is 24.7 Å². The number of aldehydes is 1. The van der Waals surface area contributed by atoms with Crippen molar-refractivity contribution >= 4 is 29.8 Å². The molecule has 0 bridgehead atoms. The molecule has 3 aromatic heterocycles. The molecule has 0 spiro atoms. The molecule has 0 aromatic carbocycles. The lowest BCUT2D eigenvalue weighted by Crippen LogP contribution is -2.60. The Kier molecular flexibility index (Phi) is 7.51. The number of alkyl halides is 3. The number of rotatable bonds is 7. The number of nitriles is 1. The minimum Gasteiger partial charge on any atom is -0.377 e. The van der Waals surface area contributed by atoms with Crippen molar-refractivity contribution in [3.8, 4) is 17.5 Å². The summed E-state index contributed by atoms with van der Waals surface area (Å²) < 4.78 is 46.3. The van der Waals surface area contributed by atoms with Crippen molar-refractivity contribution < 1.29 is 22.7 Å². The molecule has 0 aliphatic carbocycles. The molecule has 1 saturated heterocycles. The highest BCUT2D eigenvalue weighted by Gasteiger charge is 2.49. The molecule has 11 nitrogen and oxygen atoms in total. The van der Waals surface area contributed by atoms with Gasteiger partial charge in [-0.1, -0.05) is 0 Å². The molecule has 4 rings (SSSR count). The van der Waals surface area contributed by atoms with E-state index in [1.807, 2.05) is 0 Å². The number of carbonyl (C=O) groups is 1. The Morgan fingerprint density at radius 2 is 2.18 bits per heavy atom. The molecular formula is C18H20F3N9O2S. The summed E-state index contributed by atoms with van der Waals surface area (Å²) in [4.78, 5) is 17.9. The summed E-state index contributed by atoms with van der Waals surface area (Å²) in [6, 6.07) is 3.76. The van der Waals surface area contributed by atoms with Crippen molar-refractivity contribution in [2.75, 3.05) is 39.2 Å². The molecule has 1 aliphatic rings. The molecule has 0 atom stereocenters. The standard InChI is InChI=1S/C15H14F3N9S.C3H6O2/c1-20-13-23-11-2-5-21-12(27(11)24-13)10-6-22-26(7-10)14(3-4-19)8-25(9-14)28-15(16,17)18;1-5-3-2-4/h2,5-7H,3,8-9H2,1H3,(H,20,24);2H,3H2,1H3. The van der Waals surface area contributed by atoms with Crippen LogP contribution in [0.1, 0.15) is 6.42 Å². The van der Waals surface area contributed by atoms with Crippen LogP contribution >= 0.6 is 11.9 Å². The van der Waals surface area contributed by atoms with Gasteiger partial charge in [0, 0.05) is 57.7 Å². The summed E-state index contributed by atoms with van der Waals surface area (Å²) >= 11 is -0.182. The predicted octanol–water partition coefficient (Wildman–Crippen LogP) is 1.95. The molecule has 0 unspecified atom stereocenters. The fraction of sp³-hybridized carbons (Fsp3) is 0.444. The van der Waals surface area contributed by atoms with E-state index in [1.54, 1.807) is 40.9 Å². The third-order valence-corrected chi connectivity index (χ3v) is 5.34. The van der Waals surface area contributed by atoms with Gasteiger partial charge in [-0.25, -0.2) is 9.29 Å². The first kappa shape index (κ1) is 24.4. The fourth-order valence-electron chi connectivity index (χ4n) is 3.19. The Bertz CT molecular complexity index is 1140. The molecule has 0 saturated carbocycles. The second-order valence-electron chi connectivity index (χ2n) is 6.91. The maximum absolute atomic E-state index is 12.6. The number of halogens is 3. The van der Waals surface area contributed by atoms with Crippen LogP contribution in [0.25, 0.3) is 17.0 Å². The number of fused-ring (bicyclic) bond motifs is 1. The highest BCUT2D eigenvalue weighted by Crippen LogP contribution is 2.43. The molecule has 33 heavy (non-hydrogen) atoms. The lowest BCUT2D eigenvalue weighted by Gasteiger charge is -2.48. The van der Waals surface area contributed by atoms with Gasteiger partial charge in [0.2, 0.25) is 5.95 Å². The molecule has 4 heterocycles. The first-order chi connectivity index (χ1) is 15.7. The second kappa shape index (κ2) is 10.1. The van der Waals surface area contributed by atoms with Gasteiger partial charge in [-0.3, -0.25) is 4.68 Å². The molecular weight excluding hydrogens is 463 g/mol. The summed E-state index contributed by atoms with van der Waals surface area (Å²) in [7, 11) is 3.18. The predicted molar refractivity (Wildman–Crippen MR) is 113 cm³/mol. The number of hydrogen-bond donors (Lipinski definition) is 1. The Morgan fingerprint density at radius 1 is 1.42 bits per heavy atom. The van der Waals surface area contributed by atoms with E-state index in [1.165, 1.54) is 11.4 Å². The number of anilines is 1. The SMILES string of the molecule is CNc1nc2ccnc(-c3cnn(C4(CC#N)CN(SC(F)(F)F)C4)c3)n2n1.COCC=O. The molecule has 1 fully saturated rings. The van der Waals surface area contributed by atoms with E-state index in [9.17, 15) is 18.0 Å². The topological polar surface area (TPSA) is 126 Å². The number of ether oxygens (including phenoxy) is 1. The average Bonchev–Trinajstić information content (AvgIpc) is 3.39. The quantitative estimate of drug-likeness (QED) is 0.394. The zero-order valence-corrected chi connectivity index (χ0v) is 18.5. The van der Waals surface area contributed by atoms with Crippen LogP contribution in [0.3, 0.4) is 0 Å². The monoisotopic (exact) mass is 483 g/mol. The molecule has 3 aromatic rings. The summed E-state index contributed by atoms with van der Waals surface area (Å²) in [6.07, 6.45) is 5.58. The van der Waals surface area contributed by atoms with Crippen molar-refractivity contribution in [1.29, 1.82) is 5.26 Å². The van der Waals surface area contributed by atoms with E-state index in [2.05, 4.69) is 36.3 Å². The van der Waals surface area contributed by atoms with Crippen molar-refractivity contribution in [1.82, 2.24) is 33.7 Å². The van der Waals surface area contributed by atoms with Crippen LogP contribution in [-0.4, -0.2) is 79.3 Å². The van der Waals surface area contributed by atoms with Gasteiger partial charge in [-0.05, 0) is 0 Å². The maximum atomic E-state index is 12.6. The van der Waals surface area contributed by atoms with Gasteiger partial charge in [-0.2, -0.15) is 33.0 Å². The van der Waals surface area contributed by atoms with Crippen LogP contribution in [0, 0.1) is 11.3 Å². The maximum Gasteiger partial charge on any atom is 0.456 e. The lowest BCUT2D eigenvalue weighted by atomic mass is 9.89. The number of carbonyl (C=O) groups excluding carboxylic acids is 1. The van der Waals surface area contributed by atoms with Crippen molar-refractivity contribution in [2.45, 2.75) is 17.5 Å². The van der Waals surface area contributed by atoms with Crippen LogP contribution in [-0.2, 0) is 15.1 Å². The smallest absolute Gasteiger partial charge is 0.377 e. The van der Waals surface area contributed by atoms with Gasteiger partial charge in [-0.15, -0.1) is 5.10 Å². The summed E-state index contributed by atoms with van der Waals surface area (Å²) in [5.74, 6) is 0.923. The highest BCUT2D eigenvalue weighted by molar-refractivity contribution is 7.97. The Labute approximate surface area is 190 Å². The van der Waals surface area contributed by atoms with Crippen LogP contribution in [0.5, 0.6) is 0 Å². The first-order valence-electron chi connectivity index (χ1n) is 9.50. The second-order valence-corrected chi connectivity index (χ2v) is 8.08. The zero-order valence-electron chi connectivity index (χ0n) is 17.7. The minimum atomic E-state index is -4.36. The number of hydrogen-bond acceptors (Lipinski definition) is 10. The third kappa shape index (κ3) is 5.59. The number of nitrogens with zero attached hydrogens (tertiary/aromatic N) is 8. The molecule has 0 radical (unpaired) electrons. The number of aromatic nitrogens is 6. The van der Waals surface area contributed by atoms with Gasteiger partial charge >= 0.3 is 5.51 Å². The van der Waals surface area contributed by atoms with Crippen LogP contribution in [0.4, 0.5) is 19.1 Å². The fourth-order valence-corrected chi connectivity index (χ4v) is 4.09. The van der Waals surface area contributed by atoms with Gasteiger partial charge in [0.1, 0.15) is 18.4 Å². The first-order valence-corrected chi connectivity index (χ1v) is 10.3. The van der Waals surface area contributed by atoms with Gasteiger partial charge in [0.15, 0.2) is 11.5 Å². The molecule has 15 heteroatoms. The number of nitrogens with one attached hydrogen (secondary N) is 1. The highest BCUT2D eigenvalue weighted by atomic mass is 32.2. The molecule has 1 aliphatic heterocycles. The Morgan fingerprint density at radius 3 is 2.76 bits per heavy atom. The summed E-state index contributed by atoms with van der Waals surface area (Å²) in [6.45, 7) is 0.341. The third-order valence-electron chi connectivity index (χ3n) is 4.62. The average molecular weight is 483 g/mol. The van der Waals surface area contributed by atoms with Crippen LogP contribution < -0.4 is 5.32 Å². The van der Waals surface area contributed by atoms with Gasteiger partial charge in [0.25, 0.3) is 0 Å². The van der Waals surface area contributed by atoms with Gasteiger partial charge in [0.05, 0.1) is 24.3 Å². The summed E-state index contributed by atoms with van der Waals surface area (Å²) in [5.41, 5.74) is -3.95. The van der Waals surface area contributed by atoms with E-state index in [4.69, 9.17) is 5.26 Å². The number of methoxy groups -OCH3 is 1. The van der Waals surface area contributed by atoms with Crippen molar-refractivity contribution in [2.24, 2.45) is 0 Å².